The second-order valence-electron chi connectivity index (χ2n) is 8.34. The largest absolute Gasteiger partial charge is 0.489 e. The van der Waals surface area contributed by atoms with Crippen LogP contribution in [0.3, 0.4) is 0 Å². The van der Waals surface area contributed by atoms with Gasteiger partial charge in [-0.15, -0.1) is 0 Å². The Labute approximate surface area is 306 Å². The Morgan fingerprint density at radius 1 is 0.481 bits per heavy atom. The molecule has 0 atom stereocenters. The molecule has 52 heavy (non-hydrogen) atoms. The summed E-state index contributed by atoms with van der Waals surface area (Å²) in [5.41, 5.74) is 0. The lowest BCUT2D eigenvalue weighted by atomic mass is 10.6. The molecule has 0 radical (unpaired) electrons. The Balaban J connectivity index is 0.000000401. The number of nitrogens with zero attached hydrogens (tertiary/aromatic N) is 10. The van der Waals surface area contributed by atoms with Gasteiger partial charge in [0.25, 0.3) is 11.9 Å². The number of aromatic nitrogens is 10. The van der Waals surface area contributed by atoms with Crippen LogP contribution in [0.2, 0.25) is 20.1 Å². The lowest BCUT2D eigenvalue weighted by Crippen LogP contribution is -2.47. The van der Waals surface area contributed by atoms with E-state index in [1.165, 1.54) is 0 Å². The summed E-state index contributed by atoms with van der Waals surface area (Å²) in [6.45, 7) is 0. The minimum absolute atomic E-state index is 0.0706. The number of hydrogen-bond donors (Lipinski definition) is 0. The predicted molar refractivity (Wildman–Crippen MR) is 152 cm³/mol. The van der Waals surface area contributed by atoms with Crippen LogP contribution in [0.5, 0.6) is 23.8 Å². The predicted octanol–water partition coefficient (Wildman–Crippen LogP) is 6.71. The minimum Gasteiger partial charge on any atom is -0.474 e. The molecule has 2 aliphatic heterocycles. The van der Waals surface area contributed by atoms with Crippen LogP contribution in [0, 0.1) is 59.5 Å². The second-order valence-corrected chi connectivity index (χ2v) is 11.8. The third kappa shape index (κ3) is 8.85. The van der Waals surface area contributed by atoms with Crippen LogP contribution in [-0.2, 0) is 0 Å². The van der Waals surface area contributed by atoms with Crippen molar-refractivity contribution in [3.63, 3.8) is 0 Å². The molecule has 0 N–H and O–H groups in total. The van der Waals surface area contributed by atoms with Crippen LogP contribution in [0.1, 0.15) is 0 Å². The third-order valence-corrected chi connectivity index (χ3v) is 7.81. The van der Waals surface area contributed by atoms with Crippen molar-refractivity contribution in [2.24, 2.45) is 0 Å². The van der Waals surface area contributed by atoms with Crippen molar-refractivity contribution >= 4 is 69.9 Å². The number of ether oxygens (including phenoxy) is 4. The number of fused-ring (bicyclic) bond motifs is 4. The minimum atomic E-state index is -3.56. The average Bonchev–Trinajstić information content (AvgIpc) is 3.35. The lowest BCUT2D eigenvalue weighted by molar-refractivity contribution is -0.187. The summed E-state index contributed by atoms with van der Waals surface area (Å²) in [7, 11) is 0. The Hall–Kier alpha value is -4.24. The van der Waals surface area contributed by atoms with Gasteiger partial charge in [-0.3, -0.25) is 0 Å². The summed E-state index contributed by atoms with van der Waals surface area (Å²) >= 11 is 21.9. The van der Waals surface area contributed by atoms with Gasteiger partial charge in [-0.25, -0.2) is 0 Å². The standard InChI is InChI=1S/C17Cl4F8N8O3S.C5H2F2N2OS/c18-1-5(22)30-13(31-6(1)23)38-17(39-14-32-7(24)2(19)8(25)33-14,40-15-34-9(26)3(20)10(27)35-15)41-16-36-11(28)4(21)12(29)37-16;6-3-2-4(7)9-5(8-3)11-1-10-2/h;1H2. The molecule has 5 aromatic heterocycles. The zero-order valence-corrected chi connectivity index (χ0v) is 28.1. The van der Waals surface area contributed by atoms with Gasteiger partial charge < -0.3 is 18.9 Å². The smallest absolute Gasteiger partial charge is 0.474 e. The summed E-state index contributed by atoms with van der Waals surface area (Å²) in [4.78, 5) is 31.0. The van der Waals surface area contributed by atoms with Crippen molar-refractivity contribution in [3.8, 4) is 23.8 Å². The monoisotopic (exact) mass is 864 g/mol. The van der Waals surface area contributed by atoms with E-state index < -0.39 is 126 Å². The highest BCUT2D eigenvalue weighted by molar-refractivity contribution is 8.00. The molecule has 2 bridgehead atoms. The summed E-state index contributed by atoms with van der Waals surface area (Å²) in [5, 5.41) is -9.60. The van der Waals surface area contributed by atoms with E-state index in [-0.39, 0.29) is 11.1 Å². The maximum atomic E-state index is 14.1. The summed E-state index contributed by atoms with van der Waals surface area (Å²) in [5.74, 6) is -16.3. The van der Waals surface area contributed by atoms with Crippen LogP contribution in [0.25, 0.3) is 0 Å². The SMILES string of the molecule is Fc1nc(OC(Oc2nc(F)c(Cl)c(F)n2)(Oc2nc(F)c(Cl)c(F)n2)Sc2nc(F)c(Cl)c(F)n2)nc(F)c1Cl.Fc1nc2nc(F)c1OCS2. The fourth-order valence-corrected chi connectivity index (χ4v) is 4.70. The van der Waals surface area contributed by atoms with E-state index in [4.69, 9.17) is 60.6 Å². The molecule has 0 saturated carbocycles. The Bertz CT molecular complexity index is 1850. The van der Waals surface area contributed by atoms with E-state index in [0.717, 1.165) is 11.8 Å². The highest BCUT2D eigenvalue weighted by Crippen LogP contribution is 2.38. The first-order chi connectivity index (χ1) is 24.4. The van der Waals surface area contributed by atoms with Crippen molar-refractivity contribution in [1.82, 2.24) is 49.8 Å². The lowest BCUT2D eigenvalue weighted by Gasteiger charge is -2.29. The highest BCUT2D eigenvalue weighted by Gasteiger charge is 2.47. The molecular weight excluding hydrogens is 864 g/mol. The van der Waals surface area contributed by atoms with E-state index in [1.807, 2.05) is 0 Å². The molecule has 0 spiro atoms. The van der Waals surface area contributed by atoms with Gasteiger partial charge in [0.15, 0.2) is 25.2 Å². The quantitative estimate of drug-likeness (QED) is 0.0531. The fourth-order valence-electron chi connectivity index (χ4n) is 2.96. The van der Waals surface area contributed by atoms with Crippen LogP contribution >= 0.6 is 69.9 Å². The molecule has 7 heterocycles. The van der Waals surface area contributed by atoms with Crippen molar-refractivity contribution in [1.29, 1.82) is 0 Å². The number of halogens is 14. The Kier molecular flexibility index (Phi) is 11.8. The van der Waals surface area contributed by atoms with E-state index in [9.17, 15) is 43.9 Å². The van der Waals surface area contributed by atoms with Gasteiger partial charge in [0.2, 0.25) is 58.5 Å². The van der Waals surface area contributed by atoms with E-state index in [0.29, 0.717) is 0 Å². The van der Waals surface area contributed by atoms with Crippen molar-refractivity contribution in [2.75, 3.05) is 5.94 Å². The summed E-state index contributed by atoms with van der Waals surface area (Å²) in [6, 6.07) is -4.34. The Morgan fingerprint density at radius 2 is 0.788 bits per heavy atom. The van der Waals surface area contributed by atoms with E-state index >= 15 is 0 Å². The summed E-state index contributed by atoms with van der Waals surface area (Å²) < 4.78 is 157. The highest BCUT2D eigenvalue weighted by atomic mass is 35.5. The molecule has 30 heteroatoms. The molecule has 0 aromatic carbocycles. The zero-order chi connectivity index (χ0) is 38.1. The van der Waals surface area contributed by atoms with Gasteiger partial charge in [0, 0.05) is 0 Å². The maximum absolute atomic E-state index is 14.1. The molecule has 0 saturated heterocycles. The first-order valence-corrected chi connectivity index (χ1v) is 15.6. The molecule has 0 amide bonds. The van der Waals surface area contributed by atoms with Gasteiger partial charge in [0.1, 0.15) is 5.94 Å². The molecule has 14 nitrogen and oxygen atoms in total. The van der Waals surface area contributed by atoms with Gasteiger partial charge in [-0.1, -0.05) is 46.4 Å². The van der Waals surface area contributed by atoms with Gasteiger partial charge in [-0.05, 0) is 11.8 Å². The van der Waals surface area contributed by atoms with Crippen LogP contribution in [0.4, 0.5) is 43.9 Å². The Morgan fingerprint density at radius 3 is 1.12 bits per heavy atom. The second kappa shape index (κ2) is 15.8. The molecule has 0 fully saturated rings. The molecule has 5 aromatic rings. The van der Waals surface area contributed by atoms with E-state index in [2.05, 4.69) is 54.6 Å². The molecule has 0 aliphatic carbocycles. The normalized spacial score (nSPS) is 12.1. The first kappa shape index (κ1) is 39.0. The molecule has 7 rings (SSSR count). The zero-order valence-electron chi connectivity index (χ0n) is 23.4. The molecule has 0 unspecified atom stereocenters. The summed E-state index contributed by atoms with van der Waals surface area (Å²) in [6.07, 6.45) is 0. The van der Waals surface area contributed by atoms with Crippen molar-refractivity contribution < 1.29 is 62.9 Å². The third-order valence-electron chi connectivity index (χ3n) is 5.02. The van der Waals surface area contributed by atoms with Gasteiger partial charge >= 0.3 is 23.3 Å². The number of hydrogen-bond acceptors (Lipinski definition) is 16. The molecular formula is C22H2Cl4F10N10O4S2. The maximum Gasteiger partial charge on any atom is 0.489 e. The van der Waals surface area contributed by atoms with Crippen LogP contribution in [0.15, 0.2) is 10.3 Å². The average molecular weight is 866 g/mol. The van der Waals surface area contributed by atoms with Crippen LogP contribution in [-0.4, -0.2) is 61.1 Å². The van der Waals surface area contributed by atoms with E-state index in [1.54, 1.807) is 0 Å². The molecule has 274 valence electrons. The van der Waals surface area contributed by atoms with Gasteiger partial charge in [0.05, 0.1) is 11.8 Å². The topological polar surface area (TPSA) is 166 Å². The van der Waals surface area contributed by atoms with Crippen molar-refractivity contribution in [2.45, 2.75) is 15.6 Å². The van der Waals surface area contributed by atoms with Gasteiger partial charge in [-0.2, -0.15) is 93.7 Å². The molecule has 2 aliphatic rings. The fraction of sp³-hybridized carbons (Fsp3) is 0.0909. The van der Waals surface area contributed by atoms with Crippen molar-refractivity contribution in [3.05, 3.63) is 79.6 Å². The number of rotatable bonds is 8. The van der Waals surface area contributed by atoms with Crippen LogP contribution < -0.4 is 18.9 Å². The number of thioether (sulfide) groups is 2. The first-order valence-electron chi connectivity index (χ1n) is 12.2.